The van der Waals surface area contributed by atoms with Crippen molar-refractivity contribution in [3.63, 3.8) is 0 Å². The second-order valence-corrected chi connectivity index (χ2v) is 5.63. The monoisotopic (exact) mass is 328 g/mol. The maximum absolute atomic E-state index is 11.2. The van der Waals surface area contributed by atoms with E-state index in [9.17, 15) is 4.79 Å². The van der Waals surface area contributed by atoms with Gasteiger partial charge in [-0.05, 0) is 41.3 Å². The number of fused-ring (bicyclic) bond motifs is 1. The van der Waals surface area contributed by atoms with Crippen LogP contribution in [0.5, 0.6) is 0 Å². The van der Waals surface area contributed by atoms with E-state index in [2.05, 4.69) is 38.7 Å². The van der Waals surface area contributed by atoms with Crippen molar-refractivity contribution in [3.8, 4) is 0 Å². The number of halogens is 1. The Morgan fingerprint density at radius 1 is 1.15 bits per heavy atom. The maximum atomic E-state index is 11.2. The molecule has 0 aliphatic rings. The lowest BCUT2D eigenvalue weighted by Gasteiger charge is -2.07. The summed E-state index contributed by atoms with van der Waals surface area (Å²) in [5, 5.41) is 1.19. The summed E-state index contributed by atoms with van der Waals surface area (Å²) >= 11 is 3.49. The Bertz CT molecular complexity index is 792. The van der Waals surface area contributed by atoms with Gasteiger partial charge in [0, 0.05) is 28.3 Å². The van der Waals surface area contributed by atoms with Crippen LogP contribution in [0.15, 0.2) is 59.2 Å². The van der Waals surface area contributed by atoms with E-state index in [4.69, 9.17) is 5.73 Å². The smallest absolute Gasteiger partial charge is 0.248 e. The zero-order valence-corrected chi connectivity index (χ0v) is 12.3. The van der Waals surface area contributed by atoms with Gasteiger partial charge in [0.15, 0.2) is 0 Å². The van der Waals surface area contributed by atoms with Crippen LogP contribution in [0.1, 0.15) is 15.9 Å². The summed E-state index contributed by atoms with van der Waals surface area (Å²) in [6.45, 7) is 0.709. The average Bonchev–Trinajstić information content (AvgIpc) is 2.82. The van der Waals surface area contributed by atoms with Crippen molar-refractivity contribution in [1.29, 1.82) is 0 Å². The zero-order valence-electron chi connectivity index (χ0n) is 10.7. The minimum Gasteiger partial charge on any atom is -0.366 e. The minimum absolute atomic E-state index is 0.396. The summed E-state index contributed by atoms with van der Waals surface area (Å²) in [5.41, 5.74) is 8.07. The van der Waals surface area contributed by atoms with Gasteiger partial charge in [0.25, 0.3) is 0 Å². The molecule has 0 saturated carbocycles. The Morgan fingerprint density at radius 3 is 2.80 bits per heavy atom. The van der Waals surface area contributed by atoms with Gasteiger partial charge in [-0.3, -0.25) is 4.79 Å². The van der Waals surface area contributed by atoms with E-state index in [1.54, 1.807) is 6.07 Å². The van der Waals surface area contributed by atoms with Crippen molar-refractivity contribution >= 4 is 32.7 Å². The molecule has 20 heavy (non-hydrogen) atoms. The molecule has 1 aromatic heterocycles. The Hall–Kier alpha value is -2.07. The third-order valence-corrected chi connectivity index (χ3v) is 3.79. The van der Waals surface area contributed by atoms with E-state index >= 15 is 0 Å². The molecule has 3 rings (SSSR count). The van der Waals surface area contributed by atoms with Crippen LogP contribution in [0.25, 0.3) is 10.9 Å². The first-order valence-corrected chi connectivity index (χ1v) is 7.06. The summed E-state index contributed by atoms with van der Waals surface area (Å²) < 4.78 is 3.20. The minimum atomic E-state index is -0.396. The van der Waals surface area contributed by atoms with Crippen molar-refractivity contribution in [1.82, 2.24) is 4.57 Å². The predicted octanol–water partition coefficient (Wildman–Crippen LogP) is 3.55. The van der Waals surface area contributed by atoms with Crippen molar-refractivity contribution in [2.24, 2.45) is 5.73 Å². The molecular weight excluding hydrogens is 316 g/mol. The number of carbonyl (C=O) groups excluding carboxylic acids is 1. The highest BCUT2D eigenvalue weighted by atomic mass is 79.9. The summed E-state index contributed by atoms with van der Waals surface area (Å²) in [7, 11) is 0. The normalized spacial score (nSPS) is 10.8. The molecule has 2 aromatic carbocycles. The van der Waals surface area contributed by atoms with Crippen LogP contribution < -0.4 is 5.73 Å². The largest absolute Gasteiger partial charge is 0.366 e. The highest BCUT2D eigenvalue weighted by Crippen LogP contribution is 2.22. The van der Waals surface area contributed by atoms with Crippen molar-refractivity contribution in [2.75, 3.05) is 0 Å². The van der Waals surface area contributed by atoms with Crippen LogP contribution >= 0.6 is 15.9 Å². The van der Waals surface area contributed by atoms with Gasteiger partial charge in [-0.1, -0.05) is 34.1 Å². The van der Waals surface area contributed by atoms with Crippen LogP contribution in [0.2, 0.25) is 0 Å². The Labute approximate surface area is 125 Å². The molecular formula is C16H13BrN2O. The fourth-order valence-corrected chi connectivity index (χ4v) is 2.66. The molecule has 0 unspecified atom stereocenters. The molecule has 1 amide bonds. The summed E-state index contributed by atoms with van der Waals surface area (Å²) in [6, 6.07) is 15.7. The van der Waals surface area contributed by atoms with Gasteiger partial charge in [-0.2, -0.15) is 0 Å². The van der Waals surface area contributed by atoms with Gasteiger partial charge < -0.3 is 10.3 Å². The number of rotatable bonds is 3. The topological polar surface area (TPSA) is 48.0 Å². The third kappa shape index (κ3) is 2.47. The fraction of sp³-hybridized carbons (Fsp3) is 0.0625. The number of carbonyl (C=O) groups is 1. The fourth-order valence-electron chi connectivity index (χ4n) is 2.31. The van der Waals surface area contributed by atoms with E-state index in [1.807, 2.05) is 30.5 Å². The molecule has 3 nitrogen and oxygen atoms in total. The molecule has 100 valence electrons. The van der Waals surface area contributed by atoms with Crippen LogP contribution in [0.4, 0.5) is 0 Å². The summed E-state index contributed by atoms with van der Waals surface area (Å²) in [5.74, 6) is -0.396. The van der Waals surface area contributed by atoms with Crippen LogP contribution in [-0.2, 0) is 6.54 Å². The van der Waals surface area contributed by atoms with Gasteiger partial charge >= 0.3 is 0 Å². The lowest BCUT2D eigenvalue weighted by Crippen LogP contribution is -2.11. The molecule has 0 bridgehead atoms. The number of hydrogen-bond donors (Lipinski definition) is 1. The van der Waals surface area contributed by atoms with Gasteiger partial charge in [0.2, 0.25) is 5.91 Å². The van der Waals surface area contributed by atoms with Gasteiger partial charge in [0.1, 0.15) is 0 Å². The third-order valence-electron chi connectivity index (χ3n) is 3.30. The average molecular weight is 329 g/mol. The molecule has 0 atom stereocenters. The molecule has 0 spiro atoms. The highest BCUT2D eigenvalue weighted by Gasteiger charge is 2.05. The van der Waals surface area contributed by atoms with E-state index in [0.717, 1.165) is 15.6 Å². The molecule has 3 aromatic rings. The first kappa shape index (κ1) is 12.9. The Balaban J connectivity index is 1.99. The molecule has 0 fully saturated rings. The lowest BCUT2D eigenvalue weighted by atomic mass is 10.1. The molecule has 0 aliphatic heterocycles. The van der Waals surface area contributed by atoms with Crippen LogP contribution in [0, 0.1) is 0 Å². The van der Waals surface area contributed by atoms with Crippen molar-refractivity contribution in [2.45, 2.75) is 6.54 Å². The van der Waals surface area contributed by atoms with Gasteiger partial charge in [-0.15, -0.1) is 0 Å². The van der Waals surface area contributed by atoms with E-state index in [-0.39, 0.29) is 0 Å². The van der Waals surface area contributed by atoms with E-state index < -0.39 is 5.91 Å². The summed E-state index contributed by atoms with van der Waals surface area (Å²) in [6.07, 6.45) is 2.05. The number of amides is 1. The molecule has 0 radical (unpaired) electrons. The maximum Gasteiger partial charge on any atom is 0.248 e. The molecule has 4 heteroatoms. The first-order valence-electron chi connectivity index (χ1n) is 6.26. The molecule has 1 heterocycles. The van der Waals surface area contributed by atoms with Crippen molar-refractivity contribution in [3.05, 3.63) is 70.3 Å². The molecule has 0 saturated heterocycles. The second kappa shape index (κ2) is 5.13. The SMILES string of the molecule is NC(=O)c1cccc(Cn2ccc3ccc(Br)cc32)c1. The number of benzene rings is 2. The van der Waals surface area contributed by atoms with Crippen LogP contribution in [0.3, 0.4) is 0 Å². The number of nitrogens with two attached hydrogens (primary N) is 1. The standard InChI is InChI=1S/C16H13BrN2O/c17-14-5-4-12-6-7-19(15(12)9-14)10-11-2-1-3-13(8-11)16(18)20/h1-9H,10H2,(H2,18,20). The summed E-state index contributed by atoms with van der Waals surface area (Å²) in [4.78, 5) is 11.2. The Morgan fingerprint density at radius 2 is 2.00 bits per heavy atom. The molecule has 2 N–H and O–H groups in total. The number of primary amides is 1. The van der Waals surface area contributed by atoms with Gasteiger partial charge in [0.05, 0.1) is 0 Å². The quantitative estimate of drug-likeness (QED) is 0.785. The number of nitrogens with zero attached hydrogens (tertiary/aromatic N) is 1. The van der Waals surface area contributed by atoms with Gasteiger partial charge in [-0.25, -0.2) is 0 Å². The van der Waals surface area contributed by atoms with Crippen molar-refractivity contribution < 1.29 is 4.79 Å². The van der Waals surface area contributed by atoms with E-state index in [0.29, 0.717) is 12.1 Å². The van der Waals surface area contributed by atoms with E-state index in [1.165, 1.54) is 5.39 Å². The lowest BCUT2D eigenvalue weighted by molar-refractivity contribution is 0.1000. The predicted molar refractivity (Wildman–Crippen MR) is 83.7 cm³/mol. The van der Waals surface area contributed by atoms with Crippen LogP contribution in [-0.4, -0.2) is 10.5 Å². The first-order chi connectivity index (χ1) is 9.63. The zero-order chi connectivity index (χ0) is 14.1. The number of hydrogen-bond acceptors (Lipinski definition) is 1. The Kier molecular flexibility index (Phi) is 3.32. The second-order valence-electron chi connectivity index (χ2n) is 4.71. The number of aromatic nitrogens is 1. The highest BCUT2D eigenvalue weighted by molar-refractivity contribution is 9.10. The molecule has 0 aliphatic carbocycles.